The summed E-state index contributed by atoms with van der Waals surface area (Å²) in [5.41, 5.74) is 9.80. The first kappa shape index (κ1) is 27.4. The van der Waals surface area contributed by atoms with Crippen LogP contribution < -0.4 is 20.1 Å². The van der Waals surface area contributed by atoms with Crippen molar-refractivity contribution in [2.24, 2.45) is 5.73 Å². The number of hydrogen-bond acceptors (Lipinski definition) is 8. The van der Waals surface area contributed by atoms with Crippen molar-refractivity contribution in [3.8, 4) is 11.6 Å². The second-order valence-electron chi connectivity index (χ2n) is 10.6. The van der Waals surface area contributed by atoms with Gasteiger partial charge in [-0.25, -0.2) is 9.97 Å². The Hall–Kier alpha value is -3.65. The van der Waals surface area contributed by atoms with Crippen molar-refractivity contribution in [1.29, 1.82) is 0 Å². The van der Waals surface area contributed by atoms with Gasteiger partial charge in [-0.2, -0.15) is 0 Å². The Balaban J connectivity index is 1.30. The zero-order valence-electron chi connectivity index (χ0n) is 22.8. The molecular formula is C30H38N4O4. The highest BCUT2D eigenvalue weighted by Crippen LogP contribution is 2.27. The summed E-state index contributed by atoms with van der Waals surface area (Å²) in [6.45, 7) is 7.74. The zero-order valence-corrected chi connectivity index (χ0v) is 22.8. The molecule has 4 rings (SSSR count). The first-order chi connectivity index (χ1) is 18.2. The number of aromatic nitrogens is 2. The molecule has 1 aromatic carbocycles. The van der Waals surface area contributed by atoms with E-state index in [9.17, 15) is 4.79 Å². The number of rotatable bonds is 10. The van der Waals surface area contributed by atoms with Crippen molar-refractivity contribution < 1.29 is 19.0 Å². The Morgan fingerprint density at radius 1 is 1.08 bits per heavy atom. The summed E-state index contributed by atoms with van der Waals surface area (Å²) in [6.07, 6.45) is 4.89. The van der Waals surface area contributed by atoms with E-state index < -0.39 is 17.6 Å². The molecule has 38 heavy (non-hydrogen) atoms. The van der Waals surface area contributed by atoms with Crippen LogP contribution in [-0.2, 0) is 35.3 Å². The molecule has 202 valence electrons. The molecule has 0 bridgehead atoms. The lowest BCUT2D eigenvalue weighted by atomic mass is 10.0. The van der Waals surface area contributed by atoms with Crippen LogP contribution in [0.5, 0.6) is 11.6 Å². The third kappa shape index (κ3) is 7.68. The number of benzene rings is 1. The summed E-state index contributed by atoms with van der Waals surface area (Å²) in [5, 5.41) is 0. The van der Waals surface area contributed by atoms with Crippen LogP contribution in [0.3, 0.4) is 0 Å². The highest BCUT2D eigenvalue weighted by atomic mass is 16.6. The molecule has 0 amide bonds. The molecule has 1 atom stereocenters. The second-order valence-corrected chi connectivity index (χ2v) is 10.6. The van der Waals surface area contributed by atoms with E-state index in [1.54, 1.807) is 19.4 Å². The van der Waals surface area contributed by atoms with Gasteiger partial charge in [-0.15, -0.1) is 0 Å². The van der Waals surface area contributed by atoms with Gasteiger partial charge < -0.3 is 24.8 Å². The van der Waals surface area contributed by atoms with Gasteiger partial charge in [0.1, 0.15) is 23.2 Å². The summed E-state index contributed by atoms with van der Waals surface area (Å²) in [5.74, 6) is 2.03. The maximum absolute atomic E-state index is 12.1. The van der Waals surface area contributed by atoms with Crippen LogP contribution in [0.2, 0.25) is 0 Å². The summed E-state index contributed by atoms with van der Waals surface area (Å²) >= 11 is 0. The number of methoxy groups -OCH3 is 1. The van der Waals surface area contributed by atoms with Crippen LogP contribution in [0.15, 0.2) is 54.7 Å². The number of carbonyl (C=O) groups is 1. The fourth-order valence-corrected chi connectivity index (χ4v) is 4.39. The van der Waals surface area contributed by atoms with E-state index in [2.05, 4.69) is 34.1 Å². The lowest BCUT2D eigenvalue weighted by Crippen LogP contribution is -2.38. The van der Waals surface area contributed by atoms with Gasteiger partial charge in [0.2, 0.25) is 5.88 Å². The van der Waals surface area contributed by atoms with Crippen LogP contribution in [0.4, 0.5) is 5.82 Å². The number of ether oxygens (including phenoxy) is 3. The van der Waals surface area contributed by atoms with E-state index in [4.69, 9.17) is 24.9 Å². The molecule has 0 saturated heterocycles. The van der Waals surface area contributed by atoms with Crippen molar-refractivity contribution in [1.82, 2.24) is 9.97 Å². The maximum Gasteiger partial charge on any atom is 0.323 e. The molecule has 1 aliphatic rings. The maximum atomic E-state index is 12.1. The zero-order chi connectivity index (χ0) is 27.1. The molecule has 3 heterocycles. The van der Waals surface area contributed by atoms with Gasteiger partial charge >= 0.3 is 5.97 Å². The summed E-state index contributed by atoms with van der Waals surface area (Å²) in [4.78, 5) is 23.8. The SMILES string of the molecule is COc1ccc(CN2CCCc3ccc(CCOc4ccc(CC(N)C(=O)OC(C)(C)C)cn4)nc32)cc1. The number of hydrogen-bond donors (Lipinski definition) is 1. The molecule has 0 spiro atoms. The quantitative estimate of drug-likeness (QED) is 0.397. The predicted molar refractivity (Wildman–Crippen MR) is 148 cm³/mol. The highest BCUT2D eigenvalue weighted by molar-refractivity contribution is 5.76. The van der Waals surface area contributed by atoms with Crippen molar-refractivity contribution in [3.63, 3.8) is 0 Å². The van der Waals surface area contributed by atoms with Gasteiger partial charge in [-0.1, -0.05) is 24.3 Å². The van der Waals surface area contributed by atoms with E-state index in [0.29, 0.717) is 25.3 Å². The summed E-state index contributed by atoms with van der Waals surface area (Å²) in [6, 6.07) is 15.4. The minimum absolute atomic E-state index is 0.355. The van der Waals surface area contributed by atoms with Crippen molar-refractivity contribution in [2.45, 2.75) is 64.6 Å². The monoisotopic (exact) mass is 518 g/mol. The van der Waals surface area contributed by atoms with Gasteiger partial charge in [0, 0.05) is 37.5 Å². The van der Waals surface area contributed by atoms with E-state index in [-0.39, 0.29) is 0 Å². The van der Waals surface area contributed by atoms with Crippen LogP contribution in [0, 0.1) is 0 Å². The molecular weight excluding hydrogens is 480 g/mol. The van der Waals surface area contributed by atoms with E-state index >= 15 is 0 Å². The average Bonchev–Trinajstić information content (AvgIpc) is 2.89. The van der Waals surface area contributed by atoms with E-state index in [1.807, 2.05) is 39.0 Å². The van der Waals surface area contributed by atoms with Crippen molar-refractivity contribution in [3.05, 3.63) is 77.1 Å². The van der Waals surface area contributed by atoms with Gasteiger partial charge in [0.25, 0.3) is 0 Å². The molecule has 8 heteroatoms. The number of nitrogens with zero attached hydrogens (tertiary/aromatic N) is 3. The van der Waals surface area contributed by atoms with Gasteiger partial charge in [-0.3, -0.25) is 4.79 Å². The third-order valence-electron chi connectivity index (χ3n) is 6.29. The average molecular weight is 519 g/mol. The number of carbonyl (C=O) groups excluding carboxylic acids is 1. The molecule has 1 aliphatic heterocycles. The van der Waals surface area contributed by atoms with E-state index in [1.165, 1.54) is 11.1 Å². The molecule has 0 aliphatic carbocycles. The largest absolute Gasteiger partial charge is 0.497 e. The smallest absolute Gasteiger partial charge is 0.323 e. The van der Waals surface area contributed by atoms with Crippen LogP contribution in [-0.4, -0.2) is 47.8 Å². The minimum atomic E-state index is -0.734. The van der Waals surface area contributed by atoms with Crippen LogP contribution >= 0.6 is 0 Å². The van der Waals surface area contributed by atoms with Crippen LogP contribution in [0.1, 0.15) is 49.6 Å². The molecule has 2 N–H and O–H groups in total. The van der Waals surface area contributed by atoms with Crippen molar-refractivity contribution in [2.75, 3.05) is 25.2 Å². The molecule has 3 aromatic rings. The first-order valence-corrected chi connectivity index (χ1v) is 13.1. The topological polar surface area (TPSA) is 99.8 Å². The Bertz CT molecular complexity index is 1210. The number of esters is 1. The molecule has 0 saturated carbocycles. The minimum Gasteiger partial charge on any atom is -0.497 e. The normalized spacial score (nSPS) is 14.0. The van der Waals surface area contributed by atoms with Gasteiger partial charge in [0.05, 0.1) is 13.7 Å². The number of pyridine rings is 2. The summed E-state index contributed by atoms with van der Waals surface area (Å²) < 4.78 is 16.5. The van der Waals surface area contributed by atoms with Crippen LogP contribution in [0.25, 0.3) is 0 Å². The molecule has 1 unspecified atom stereocenters. The summed E-state index contributed by atoms with van der Waals surface area (Å²) in [7, 11) is 1.68. The lowest BCUT2D eigenvalue weighted by molar-refractivity contribution is -0.156. The number of anilines is 1. The standard InChI is InChI=1S/C30H38N4O4/c1-30(2,3)38-29(35)26(31)18-22-9-14-27(32-19-22)37-17-15-24-11-10-23-6-5-16-34(28(23)33-24)20-21-7-12-25(36-4)13-8-21/h7-14,19,26H,5-6,15-18,20,31H2,1-4H3. The predicted octanol–water partition coefficient (Wildman–Crippen LogP) is 4.27. The van der Waals surface area contributed by atoms with Crippen molar-refractivity contribution >= 4 is 11.8 Å². The Morgan fingerprint density at radius 3 is 2.53 bits per heavy atom. The third-order valence-corrected chi connectivity index (χ3v) is 6.29. The van der Waals surface area contributed by atoms with E-state index in [0.717, 1.165) is 48.8 Å². The fourth-order valence-electron chi connectivity index (χ4n) is 4.39. The lowest BCUT2D eigenvalue weighted by Gasteiger charge is -2.30. The molecule has 2 aromatic heterocycles. The Labute approximate surface area is 225 Å². The first-order valence-electron chi connectivity index (χ1n) is 13.1. The highest BCUT2D eigenvalue weighted by Gasteiger charge is 2.22. The van der Waals surface area contributed by atoms with Gasteiger partial charge in [-0.05, 0) is 74.9 Å². The number of fused-ring (bicyclic) bond motifs is 1. The molecule has 0 fully saturated rings. The number of nitrogens with two attached hydrogens (primary N) is 1. The second kappa shape index (κ2) is 12.3. The fraction of sp³-hybridized carbons (Fsp3) is 0.433. The number of aryl methyl sites for hydroxylation is 1. The Morgan fingerprint density at radius 2 is 1.84 bits per heavy atom. The Kier molecular flexibility index (Phi) is 8.84. The van der Waals surface area contributed by atoms with Gasteiger partial charge in [0.15, 0.2) is 0 Å². The molecule has 0 radical (unpaired) electrons. The molecule has 8 nitrogen and oxygen atoms in total.